The molecule has 6 heteroatoms. The van der Waals surface area contributed by atoms with Gasteiger partial charge in [0.1, 0.15) is 5.82 Å². The second-order valence-electron chi connectivity index (χ2n) is 5.61. The van der Waals surface area contributed by atoms with E-state index in [9.17, 15) is 14.7 Å². The summed E-state index contributed by atoms with van der Waals surface area (Å²) in [6, 6.07) is 0. The molecule has 0 aliphatic carbocycles. The predicted octanol–water partition coefficient (Wildman–Crippen LogP) is 1.22. The maximum absolute atomic E-state index is 11.9. The minimum atomic E-state index is -1.03. The van der Waals surface area contributed by atoms with E-state index in [0.717, 1.165) is 5.82 Å². The number of carboxylic acid groups (broad SMARTS) is 1. The van der Waals surface area contributed by atoms with Crippen molar-refractivity contribution in [3.8, 4) is 0 Å². The van der Waals surface area contributed by atoms with Crippen LogP contribution in [0.25, 0.3) is 0 Å². The summed E-state index contributed by atoms with van der Waals surface area (Å²) in [7, 11) is 1.89. The van der Waals surface area contributed by atoms with E-state index in [2.05, 4.69) is 10.3 Å². The fourth-order valence-electron chi connectivity index (χ4n) is 1.87. The number of carbonyl (C=O) groups is 2. The van der Waals surface area contributed by atoms with Crippen molar-refractivity contribution in [2.75, 3.05) is 6.54 Å². The van der Waals surface area contributed by atoms with Crippen LogP contribution in [0.2, 0.25) is 0 Å². The van der Waals surface area contributed by atoms with Crippen LogP contribution in [0.3, 0.4) is 0 Å². The van der Waals surface area contributed by atoms with Crippen LogP contribution in [0.15, 0.2) is 12.4 Å². The second-order valence-corrected chi connectivity index (χ2v) is 5.61. The summed E-state index contributed by atoms with van der Waals surface area (Å²) in [5.74, 6) is -0.403. The first-order valence-electron chi connectivity index (χ1n) is 6.73. The fraction of sp³-hybridized carbons (Fsp3) is 0.643. The number of rotatable bonds is 7. The highest BCUT2D eigenvalue weighted by molar-refractivity contribution is 5.84. The normalized spacial score (nSPS) is 14.1. The fourth-order valence-corrected chi connectivity index (χ4v) is 1.87. The first-order valence-corrected chi connectivity index (χ1v) is 6.73. The van der Waals surface area contributed by atoms with Gasteiger partial charge in [0.05, 0.1) is 5.41 Å². The monoisotopic (exact) mass is 281 g/mol. The number of carboxylic acids is 1. The summed E-state index contributed by atoms with van der Waals surface area (Å²) in [5.41, 5.74) is -1.03. The van der Waals surface area contributed by atoms with Crippen molar-refractivity contribution in [3.63, 3.8) is 0 Å². The topological polar surface area (TPSA) is 84.2 Å². The Labute approximate surface area is 119 Å². The average Bonchev–Trinajstić information content (AvgIpc) is 2.74. The highest BCUT2D eigenvalue weighted by atomic mass is 16.4. The molecule has 6 nitrogen and oxygen atoms in total. The van der Waals surface area contributed by atoms with E-state index < -0.39 is 11.4 Å². The lowest BCUT2D eigenvalue weighted by molar-refractivity contribution is -0.153. The number of carbonyl (C=O) groups excluding carboxylic acids is 1. The van der Waals surface area contributed by atoms with Gasteiger partial charge in [0, 0.05) is 38.8 Å². The van der Waals surface area contributed by atoms with Gasteiger partial charge in [0.2, 0.25) is 5.91 Å². The van der Waals surface area contributed by atoms with E-state index in [1.165, 1.54) is 0 Å². The molecule has 1 atom stereocenters. The molecule has 0 radical (unpaired) electrons. The SMILES string of the molecule is CC(C)C(C)(CC(=O)NCCc1nccn1C)C(=O)O. The molecule has 0 saturated carbocycles. The first-order chi connectivity index (χ1) is 9.27. The number of nitrogens with zero attached hydrogens (tertiary/aromatic N) is 2. The minimum Gasteiger partial charge on any atom is -0.481 e. The maximum Gasteiger partial charge on any atom is 0.310 e. The van der Waals surface area contributed by atoms with Crippen LogP contribution in [0.1, 0.15) is 33.0 Å². The van der Waals surface area contributed by atoms with Crippen LogP contribution in [0.4, 0.5) is 0 Å². The van der Waals surface area contributed by atoms with Gasteiger partial charge in [-0.2, -0.15) is 0 Å². The Balaban J connectivity index is 2.47. The van der Waals surface area contributed by atoms with Crippen LogP contribution in [-0.2, 0) is 23.1 Å². The first kappa shape index (κ1) is 16.2. The van der Waals surface area contributed by atoms with Crippen LogP contribution in [0.5, 0.6) is 0 Å². The lowest BCUT2D eigenvalue weighted by atomic mass is 9.76. The Kier molecular flexibility index (Phi) is 5.30. The van der Waals surface area contributed by atoms with E-state index in [1.807, 2.05) is 31.7 Å². The third-order valence-corrected chi connectivity index (χ3v) is 3.88. The maximum atomic E-state index is 11.9. The van der Waals surface area contributed by atoms with Gasteiger partial charge in [-0.1, -0.05) is 13.8 Å². The number of amides is 1. The summed E-state index contributed by atoms with van der Waals surface area (Å²) < 4.78 is 1.89. The number of aryl methyl sites for hydroxylation is 1. The molecule has 1 amide bonds. The molecule has 20 heavy (non-hydrogen) atoms. The van der Waals surface area contributed by atoms with Gasteiger partial charge < -0.3 is 15.0 Å². The molecule has 1 heterocycles. The van der Waals surface area contributed by atoms with E-state index in [0.29, 0.717) is 13.0 Å². The van der Waals surface area contributed by atoms with Gasteiger partial charge in [-0.3, -0.25) is 9.59 Å². The summed E-state index contributed by atoms with van der Waals surface area (Å²) in [5, 5.41) is 12.0. The van der Waals surface area contributed by atoms with Crippen molar-refractivity contribution in [1.82, 2.24) is 14.9 Å². The van der Waals surface area contributed by atoms with Crippen LogP contribution < -0.4 is 5.32 Å². The van der Waals surface area contributed by atoms with Crippen molar-refractivity contribution >= 4 is 11.9 Å². The molecule has 2 N–H and O–H groups in total. The quantitative estimate of drug-likeness (QED) is 0.787. The number of hydrogen-bond donors (Lipinski definition) is 2. The summed E-state index contributed by atoms with van der Waals surface area (Å²) in [4.78, 5) is 27.4. The van der Waals surface area contributed by atoms with Gasteiger partial charge in [-0.05, 0) is 12.8 Å². The van der Waals surface area contributed by atoms with Crippen molar-refractivity contribution in [3.05, 3.63) is 18.2 Å². The van der Waals surface area contributed by atoms with E-state index in [-0.39, 0.29) is 18.2 Å². The molecule has 1 unspecified atom stereocenters. The van der Waals surface area contributed by atoms with E-state index in [4.69, 9.17) is 0 Å². The molecular formula is C14H23N3O3. The molecule has 1 aromatic heterocycles. The standard InChI is InChI=1S/C14H23N3O3/c1-10(2)14(3,13(19)20)9-12(18)16-6-5-11-15-7-8-17(11)4/h7-8,10H,5-6,9H2,1-4H3,(H,16,18)(H,19,20). The third kappa shape index (κ3) is 3.82. The molecule has 1 rings (SSSR count). The molecule has 0 aliphatic rings. The Morgan fingerprint density at radius 1 is 1.50 bits per heavy atom. The predicted molar refractivity (Wildman–Crippen MR) is 75.1 cm³/mol. The van der Waals surface area contributed by atoms with Gasteiger partial charge >= 0.3 is 5.97 Å². The smallest absolute Gasteiger partial charge is 0.310 e. The Morgan fingerprint density at radius 2 is 2.15 bits per heavy atom. The molecule has 112 valence electrons. The van der Waals surface area contributed by atoms with Crippen molar-refractivity contribution < 1.29 is 14.7 Å². The van der Waals surface area contributed by atoms with Crippen molar-refractivity contribution in [2.45, 2.75) is 33.6 Å². The summed E-state index contributed by atoms with van der Waals surface area (Å²) in [6.45, 7) is 5.69. The van der Waals surface area contributed by atoms with Gasteiger partial charge in [0.25, 0.3) is 0 Å². The third-order valence-electron chi connectivity index (χ3n) is 3.88. The Bertz CT molecular complexity index is 482. The second kappa shape index (κ2) is 6.54. The number of imidazole rings is 1. The molecule has 0 aliphatic heterocycles. The lowest BCUT2D eigenvalue weighted by Crippen LogP contribution is -2.39. The summed E-state index contributed by atoms with van der Waals surface area (Å²) in [6.07, 6.45) is 4.16. The molecule has 0 spiro atoms. The highest BCUT2D eigenvalue weighted by Gasteiger charge is 2.38. The molecule has 0 saturated heterocycles. The molecular weight excluding hydrogens is 258 g/mol. The number of nitrogens with one attached hydrogen (secondary N) is 1. The average molecular weight is 281 g/mol. The zero-order valence-corrected chi connectivity index (χ0v) is 12.5. The van der Waals surface area contributed by atoms with Crippen molar-refractivity contribution in [2.24, 2.45) is 18.4 Å². The highest BCUT2D eigenvalue weighted by Crippen LogP contribution is 2.31. The molecule has 0 fully saturated rings. The summed E-state index contributed by atoms with van der Waals surface area (Å²) >= 11 is 0. The Hall–Kier alpha value is -1.85. The lowest BCUT2D eigenvalue weighted by Gasteiger charge is -2.28. The Morgan fingerprint density at radius 3 is 2.60 bits per heavy atom. The number of hydrogen-bond acceptors (Lipinski definition) is 3. The van der Waals surface area contributed by atoms with Crippen LogP contribution >= 0.6 is 0 Å². The van der Waals surface area contributed by atoms with Crippen molar-refractivity contribution in [1.29, 1.82) is 0 Å². The van der Waals surface area contributed by atoms with Crippen LogP contribution in [0, 0.1) is 11.3 Å². The van der Waals surface area contributed by atoms with E-state index >= 15 is 0 Å². The van der Waals surface area contributed by atoms with Crippen LogP contribution in [-0.4, -0.2) is 33.1 Å². The number of aromatic nitrogens is 2. The van der Waals surface area contributed by atoms with Gasteiger partial charge in [0.15, 0.2) is 0 Å². The number of aliphatic carboxylic acids is 1. The van der Waals surface area contributed by atoms with E-state index in [1.54, 1.807) is 13.1 Å². The van der Waals surface area contributed by atoms with Gasteiger partial charge in [-0.25, -0.2) is 4.98 Å². The minimum absolute atomic E-state index is 0.0133. The van der Waals surface area contributed by atoms with Gasteiger partial charge in [-0.15, -0.1) is 0 Å². The molecule has 1 aromatic rings. The zero-order chi connectivity index (χ0) is 15.3. The molecule has 0 bridgehead atoms. The largest absolute Gasteiger partial charge is 0.481 e. The molecule has 0 aromatic carbocycles. The zero-order valence-electron chi connectivity index (χ0n) is 12.5.